The maximum Gasteiger partial charge on any atom is 0.0408 e. The molecule has 1 aromatic carbocycles. The highest BCUT2D eigenvalue weighted by atomic mass is 79.9. The number of rotatable bonds is 5. The Bertz CT molecular complexity index is 312. The van der Waals surface area contributed by atoms with Crippen molar-refractivity contribution in [3.63, 3.8) is 0 Å². The van der Waals surface area contributed by atoms with Crippen molar-refractivity contribution in [3.05, 3.63) is 28.2 Å². The van der Waals surface area contributed by atoms with Gasteiger partial charge in [-0.2, -0.15) is 0 Å². The van der Waals surface area contributed by atoms with Gasteiger partial charge in [-0.1, -0.05) is 38.8 Å². The van der Waals surface area contributed by atoms with Crippen LogP contribution in [-0.4, -0.2) is 13.1 Å². The minimum absolute atomic E-state index is 0.905. The van der Waals surface area contributed by atoms with Crippen molar-refractivity contribution in [2.75, 3.05) is 18.0 Å². The van der Waals surface area contributed by atoms with E-state index in [1.165, 1.54) is 17.7 Å². The molecule has 0 spiro atoms. The fraction of sp³-hybridized carbons (Fsp3) is 0.500. The Hall–Kier alpha value is -0.0200. The molecule has 15 heavy (non-hydrogen) atoms. The number of anilines is 1. The molecule has 1 rings (SSSR count). The molecule has 0 unspecified atom stereocenters. The molecule has 0 fully saturated rings. The van der Waals surface area contributed by atoms with Gasteiger partial charge in [-0.15, -0.1) is 0 Å². The molecule has 0 amide bonds. The topological polar surface area (TPSA) is 3.24 Å². The number of alkyl halides is 1. The summed E-state index contributed by atoms with van der Waals surface area (Å²) >= 11 is 7.05. The van der Waals surface area contributed by atoms with Crippen LogP contribution >= 0.6 is 31.9 Å². The highest BCUT2D eigenvalue weighted by Gasteiger charge is 2.08. The van der Waals surface area contributed by atoms with Crippen molar-refractivity contribution in [1.82, 2.24) is 0 Å². The molecular weight excluding hydrogens is 318 g/mol. The third-order valence-corrected chi connectivity index (χ3v) is 3.50. The SMILES string of the molecule is CCCN(CC)c1ccc(Br)cc1CBr. The predicted molar refractivity (Wildman–Crippen MR) is 75.0 cm³/mol. The molecule has 0 heterocycles. The van der Waals surface area contributed by atoms with Crippen molar-refractivity contribution in [3.8, 4) is 0 Å². The van der Waals surface area contributed by atoms with Crippen LogP contribution in [0.4, 0.5) is 5.69 Å². The smallest absolute Gasteiger partial charge is 0.0408 e. The molecular formula is C12H17Br2N. The number of hydrogen-bond donors (Lipinski definition) is 0. The van der Waals surface area contributed by atoms with Crippen LogP contribution in [0.3, 0.4) is 0 Å². The van der Waals surface area contributed by atoms with Gasteiger partial charge in [-0.25, -0.2) is 0 Å². The Morgan fingerprint density at radius 1 is 1.27 bits per heavy atom. The summed E-state index contributed by atoms with van der Waals surface area (Å²) in [6.45, 7) is 6.61. The normalized spacial score (nSPS) is 10.4. The first-order chi connectivity index (χ1) is 7.22. The third kappa shape index (κ3) is 3.49. The van der Waals surface area contributed by atoms with Gasteiger partial charge in [0.25, 0.3) is 0 Å². The number of halogens is 2. The maximum atomic E-state index is 3.54. The lowest BCUT2D eigenvalue weighted by Crippen LogP contribution is -2.24. The molecule has 0 saturated carbocycles. The van der Waals surface area contributed by atoms with Crippen LogP contribution in [0, 0.1) is 0 Å². The summed E-state index contributed by atoms with van der Waals surface area (Å²) < 4.78 is 1.15. The largest absolute Gasteiger partial charge is 0.372 e. The first kappa shape index (κ1) is 13.0. The zero-order valence-electron chi connectivity index (χ0n) is 9.26. The molecule has 1 aromatic rings. The summed E-state index contributed by atoms with van der Waals surface area (Å²) in [6, 6.07) is 6.49. The number of nitrogens with zero attached hydrogens (tertiary/aromatic N) is 1. The third-order valence-electron chi connectivity index (χ3n) is 2.40. The van der Waals surface area contributed by atoms with E-state index in [4.69, 9.17) is 0 Å². The Balaban J connectivity index is 2.99. The van der Waals surface area contributed by atoms with Gasteiger partial charge in [0.05, 0.1) is 0 Å². The van der Waals surface area contributed by atoms with Gasteiger partial charge >= 0.3 is 0 Å². The van der Waals surface area contributed by atoms with E-state index in [1.807, 2.05) is 0 Å². The summed E-state index contributed by atoms with van der Waals surface area (Å²) in [5, 5.41) is 0.905. The van der Waals surface area contributed by atoms with Crippen molar-refractivity contribution < 1.29 is 0 Å². The molecule has 84 valence electrons. The molecule has 1 nitrogen and oxygen atoms in total. The first-order valence-electron chi connectivity index (χ1n) is 5.32. The predicted octanol–water partition coefficient (Wildman–Crippen LogP) is 4.58. The zero-order valence-corrected chi connectivity index (χ0v) is 12.4. The number of benzene rings is 1. The lowest BCUT2D eigenvalue weighted by molar-refractivity contribution is 0.788. The van der Waals surface area contributed by atoms with Crippen LogP contribution in [0.25, 0.3) is 0 Å². The average Bonchev–Trinajstić information content (AvgIpc) is 2.26. The fourth-order valence-electron chi connectivity index (χ4n) is 1.69. The molecule has 0 bridgehead atoms. The quantitative estimate of drug-likeness (QED) is 0.712. The first-order valence-corrected chi connectivity index (χ1v) is 7.23. The van der Waals surface area contributed by atoms with Crippen molar-refractivity contribution in [2.45, 2.75) is 25.6 Å². The Morgan fingerprint density at radius 2 is 2.00 bits per heavy atom. The second-order valence-corrected chi connectivity index (χ2v) is 4.96. The molecule has 0 aliphatic rings. The second kappa shape index (κ2) is 6.54. The Morgan fingerprint density at radius 3 is 2.53 bits per heavy atom. The zero-order chi connectivity index (χ0) is 11.3. The summed E-state index contributed by atoms with van der Waals surface area (Å²) in [7, 11) is 0. The van der Waals surface area contributed by atoms with Crippen LogP contribution in [0.1, 0.15) is 25.8 Å². The van der Waals surface area contributed by atoms with E-state index in [1.54, 1.807) is 0 Å². The summed E-state index contributed by atoms with van der Waals surface area (Å²) in [5.74, 6) is 0. The van der Waals surface area contributed by atoms with Gasteiger partial charge in [0.1, 0.15) is 0 Å². The van der Waals surface area contributed by atoms with Crippen LogP contribution in [-0.2, 0) is 5.33 Å². The highest BCUT2D eigenvalue weighted by Crippen LogP contribution is 2.26. The highest BCUT2D eigenvalue weighted by molar-refractivity contribution is 9.10. The Kier molecular flexibility index (Phi) is 5.69. The lowest BCUT2D eigenvalue weighted by atomic mass is 10.2. The monoisotopic (exact) mass is 333 g/mol. The van der Waals surface area contributed by atoms with E-state index in [0.717, 1.165) is 22.9 Å². The van der Waals surface area contributed by atoms with Gasteiger partial charge < -0.3 is 4.90 Å². The molecule has 0 saturated heterocycles. The van der Waals surface area contributed by atoms with Crippen molar-refractivity contribution in [1.29, 1.82) is 0 Å². The van der Waals surface area contributed by atoms with E-state index in [0.29, 0.717) is 0 Å². The van der Waals surface area contributed by atoms with E-state index in [9.17, 15) is 0 Å². The molecule has 3 heteroatoms. The van der Waals surface area contributed by atoms with Crippen LogP contribution < -0.4 is 4.90 Å². The molecule has 0 atom stereocenters. The maximum absolute atomic E-state index is 3.54. The van der Waals surface area contributed by atoms with E-state index in [2.05, 4.69) is 68.8 Å². The van der Waals surface area contributed by atoms with Crippen LogP contribution in [0.5, 0.6) is 0 Å². The molecule has 0 aromatic heterocycles. The second-order valence-electron chi connectivity index (χ2n) is 3.49. The van der Waals surface area contributed by atoms with Gasteiger partial charge in [0, 0.05) is 28.6 Å². The minimum atomic E-state index is 0.905. The summed E-state index contributed by atoms with van der Waals surface area (Å²) in [6.07, 6.45) is 1.19. The van der Waals surface area contributed by atoms with Crippen LogP contribution in [0.15, 0.2) is 22.7 Å². The van der Waals surface area contributed by atoms with Gasteiger partial charge in [0.2, 0.25) is 0 Å². The van der Waals surface area contributed by atoms with Crippen molar-refractivity contribution in [2.24, 2.45) is 0 Å². The summed E-state index contributed by atoms with van der Waals surface area (Å²) in [4.78, 5) is 2.42. The van der Waals surface area contributed by atoms with Gasteiger partial charge in [-0.3, -0.25) is 0 Å². The number of hydrogen-bond acceptors (Lipinski definition) is 1. The average molecular weight is 335 g/mol. The van der Waals surface area contributed by atoms with Gasteiger partial charge in [-0.05, 0) is 37.1 Å². The standard InChI is InChI=1S/C12H17Br2N/c1-3-7-15(4-2)12-6-5-11(14)8-10(12)9-13/h5-6,8H,3-4,7,9H2,1-2H3. The van der Waals surface area contributed by atoms with E-state index in [-0.39, 0.29) is 0 Å². The molecule has 0 radical (unpaired) electrons. The Labute approximate surface area is 109 Å². The minimum Gasteiger partial charge on any atom is -0.372 e. The van der Waals surface area contributed by atoms with Crippen molar-refractivity contribution >= 4 is 37.5 Å². The molecule has 0 N–H and O–H groups in total. The fourth-order valence-corrected chi connectivity index (χ4v) is 2.55. The van der Waals surface area contributed by atoms with Gasteiger partial charge in [0.15, 0.2) is 0 Å². The van der Waals surface area contributed by atoms with E-state index < -0.39 is 0 Å². The molecule has 0 aliphatic heterocycles. The van der Waals surface area contributed by atoms with E-state index >= 15 is 0 Å². The molecule has 0 aliphatic carbocycles. The van der Waals surface area contributed by atoms with Crippen LogP contribution in [0.2, 0.25) is 0 Å². The lowest BCUT2D eigenvalue weighted by Gasteiger charge is -2.25. The summed E-state index contributed by atoms with van der Waals surface area (Å²) in [5.41, 5.74) is 2.69.